The van der Waals surface area contributed by atoms with E-state index >= 15 is 0 Å². The summed E-state index contributed by atoms with van der Waals surface area (Å²) in [6, 6.07) is 93.1. The van der Waals surface area contributed by atoms with Crippen LogP contribution in [-0.4, -0.2) is 0 Å². The van der Waals surface area contributed by atoms with Gasteiger partial charge >= 0.3 is 0 Å². The molecule has 68 heavy (non-hydrogen) atoms. The first-order valence-electron chi connectivity index (χ1n) is 23.4. The number of hydrogen-bond acceptors (Lipinski definition) is 3. The van der Waals surface area contributed by atoms with E-state index in [9.17, 15) is 0 Å². The summed E-state index contributed by atoms with van der Waals surface area (Å²) in [5.41, 5.74) is 19.8. The third-order valence-electron chi connectivity index (χ3n) is 14.4. The van der Waals surface area contributed by atoms with Gasteiger partial charge in [-0.05, 0) is 122 Å². The van der Waals surface area contributed by atoms with E-state index in [1.165, 1.54) is 55.3 Å². The van der Waals surface area contributed by atoms with Crippen molar-refractivity contribution in [3.8, 4) is 33.4 Å². The minimum absolute atomic E-state index is 0.555. The predicted molar refractivity (Wildman–Crippen MR) is 282 cm³/mol. The van der Waals surface area contributed by atoms with Crippen LogP contribution in [0.25, 0.3) is 66.1 Å². The Morgan fingerprint density at radius 3 is 1.47 bits per heavy atom. The number of fused-ring (bicyclic) bond motifs is 14. The Morgan fingerprint density at radius 1 is 0.294 bits per heavy atom. The number of anilines is 6. The van der Waals surface area contributed by atoms with Crippen molar-refractivity contribution in [2.45, 2.75) is 5.41 Å². The molecule has 2 aliphatic rings. The van der Waals surface area contributed by atoms with Gasteiger partial charge in [-0.3, -0.25) is 0 Å². The summed E-state index contributed by atoms with van der Waals surface area (Å²) in [4.78, 5) is 4.92. The Hall–Kier alpha value is -8.92. The fourth-order valence-corrected chi connectivity index (χ4v) is 11.6. The minimum Gasteiger partial charge on any atom is -0.454 e. The molecule has 0 saturated heterocycles. The zero-order valence-corrected chi connectivity index (χ0v) is 37.1. The lowest BCUT2D eigenvalue weighted by atomic mass is 9.70. The Kier molecular flexibility index (Phi) is 8.50. The summed E-state index contributed by atoms with van der Waals surface area (Å²) in [5.74, 6) is 0. The number of para-hydroxylation sites is 3. The fourth-order valence-electron chi connectivity index (χ4n) is 11.6. The molecule has 0 unspecified atom stereocenters. The summed E-state index contributed by atoms with van der Waals surface area (Å²) in [6.07, 6.45) is 0. The lowest BCUT2D eigenvalue weighted by Crippen LogP contribution is -2.26. The Balaban J connectivity index is 1.13. The molecule has 0 fully saturated rings. The number of hydrogen-bond donors (Lipinski definition) is 0. The highest BCUT2D eigenvalue weighted by Crippen LogP contribution is 2.65. The monoisotopic (exact) mass is 866 g/mol. The summed E-state index contributed by atoms with van der Waals surface area (Å²) < 4.78 is 7.14. The summed E-state index contributed by atoms with van der Waals surface area (Å²) in [7, 11) is 0. The van der Waals surface area contributed by atoms with E-state index in [0.29, 0.717) is 0 Å². The number of benzene rings is 11. The van der Waals surface area contributed by atoms with Crippen LogP contribution in [0.1, 0.15) is 22.3 Å². The standard InChI is InChI=1S/C65H42N2O/c1-4-20-43(21-5-1)45-38-39-52-53-32-19-37-60(64(53)68-63(52)40-45)67(47-26-8-3-9-27-47)61-41-54-51-31-14-17-35-57(51)65(55-33-15-12-29-49(55)50-30-13-16-34-56(50)65)58(54)42-62(61)66(46-24-6-2-7-25-46)59-36-18-23-44-22-10-11-28-48(44)59/h1-42H. The Bertz CT molecular complexity index is 3880. The lowest BCUT2D eigenvalue weighted by Gasteiger charge is -2.36. The van der Waals surface area contributed by atoms with E-state index < -0.39 is 5.41 Å². The summed E-state index contributed by atoms with van der Waals surface area (Å²) in [5, 5.41) is 4.50. The molecule has 12 aromatic rings. The number of furan rings is 1. The zero-order chi connectivity index (χ0) is 44.8. The third kappa shape index (κ3) is 5.54. The average Bonchev–Trinajstić information content (AvgIpc) is 4.04. The molecular formula is C65H42N2O. The first-order valence-corrected chi connectivity index (χ1v) is 23.4. The van der Waals surface area contributed by atoms with Crippen LogP contribution in [0.2, 0.25) is 0 Å². The van der Waals surface area contributed by atoms with Crippen molar-refractivity contribution < 1.29 is 4.42 Å². The van der Waals surface area contributed by atoms with E-state index in [1.54, 1.807) is 0 Å². The maximum Gasteiger partial charge on any atom is 0.159 e. The summed E-state index contributed by atoms with van der Waals surface area (Å²) in [6.45, 7) is 0. The average molecular weight is 867 g/mol. The van der Waals surface area contributed by atoms with Crippen molar-refractivity contribution in [1.29, 1.82) is 0 Å². The highest BCUT2D eigenvalue weighted by Gasteiger charge is 2.52. The largest absolute Gasteiger partial charge is 0.454 e. The van der Waals surface area contributed by atoms with Crippen LogP contribution in [0.5, 0.6) is 0 Å². The van der Waals surface area contributed by atoms with E-state index in [1.807, 2.05) is 0 Å². The molecule has 1 aromatic heterocycles. The molecule has 2 aliphatic carbocycles. The first kappa shape index (κ1) is 38.4. The van der Waals surface area contributed by atoms with Gasteiger partial charge in [0.05, 0.1) is 28.2 Å². The van der Waals surface area contributed by atoms with Crippen LogP contribution in [0.4, 0.5) is 34.1 Å². The second-order valence-electron chi connectivity index (χ2n) is 17.9. The molecule has 3 nitrogen and oxygen atoms in total. The van der Waals surface area contributed by atoms with Crippen LogP contribution in [0.15, 0.2) is 259 Å². The molecule has 0 amide bonds. The SMILES string of the molecule is c1ccc(-c2ccc3c(c2)oc2c(N(c4ccccc4)c4cc5c(cc4N(c4ccccc4)c4cccc6ccccc46)C4(c6ccccc6-c6ccccc64)c4ccccc4-5)cccc23)cc1. The fraction of sp³-hybridized carbons (Fsp3) is 0.0154. The van der Waals surface area contributed by atoms with Crippen molar-refractivity contribution >= 4 is 66.8 Å². The molecule has 0 atom stereocenters. The quantitative estimate of drug-likeness (QED) is 0.159. The molecule has 0 radical (unpaired) electrons. The molecule has 11 aromatic carbocycles. The van der Waals surface area contributed by atoms with Gasteiger partial charge in [-0.1, -0.05) is 194 Å². The lowest BCUT2D eigenvalue weighted by molar-refractivity contribution is 0.669. The van der Waals surface area contributed by atoms with Crippen LogP contribution < -0.4 is 9.80 Å². The molecule has 1 spiro atoms. The molecule has 1 heterocycles. The van der Waals surface area contributed by atoms with Crippen LogP contribution in [0, 0.1) is 0 Å². The molecule has 14 rings (SSSR count). The molecule has 3 heteroatoms. The number of nitrogens with zero attached hydrogens (tertiary/aromatic N) is 2. The Morgan fingerprint density at radius 2 is 0.794 bits per heavy atom. The molecule has 318 valence electrons. The molecule has 0 bridgehead atoms. The number of rotatable bonds is 7. The van der Waals surface area contributed by atoms with Gasteiger partial charge in [0, 0.05) is 27.5 Å². The van der Waals surface area contributed by atoms with E-state index in [-0.39, 0.29) is 0 Å². The van der Waals surface area contributed by atoms with E-state index in [2.05, 4.69) is 265 Å². The topological polar surface area (TPSA) is 19.6 Å². The van der Waals surface area contributed by atoms with Crippen molar-refractivity contribution in [3.63, 3.8) is 0 Å². The predicted octanol–water partition coefficient (Wildman–Crippen LogP) is 17.7. The second kappa shape index (κ2) is 15.1. The van der Waals surface area contributed by atoms with Crippen molar-refractivity contribution in [2.75, 3.05) is 9.80 Å². The highest BCUT2D eigenvalue weighted by atomic mass is 16.3. The maximum atomic E-state index is 7.14. The van der Waals surface area contributed by atoms with Crippen LogP contribution >= 0.6 is 0 Å². The molecular weight excluding hydrogens is 825 g/mol. The van der Waals surface area contributed by atoms with Gasteiger partial charge in [0.25, 0.3) is 0 Å². The van der Waals surface area contributed by atoms with Crippen molar-refractivity contribution in [2.24, 2.45) is 0 Å². The smallest absolute Gasteiger partial charge is 0.159 e. The van der Waals surface area contributed by atoms with Gasteiger partial charge in [-0.25, -0.2) is 0 Å². The van der Waals surface area contributed by atoms with Gasteiger partial charge in [0.15, 0.2) is 5.58 Å². The second-order valence-corrected chi connectivity index (χ2v) is 17.9. The third-order valence-corrected chi connectivity index (χ3v) is 14.4. The molecule has 0 aliphatic heterocycles. The Labute approximate surface area is 395 Å². The minimum atomic E-state index is -0.555. The summed E-state index contributed by atoms with van der Waals surface area (Å²) >= 11 is 0. The van der Waals surface area contributed by atoms with Gasteiger partial charge in [-0.2, -0.15) is 0 Å². The maximum absolute atomic E-state index is 7.14. The van der Waals surface area contributed by atoms with Crippen LogP contribution in [0.3, 0.4) is 0 Å². The molecule has 0 saturated carbocycles. The first-order chi connectivity index (χ1) is 33.8. The zero-order valence-electron chi connectivity index (χ0n) is 37.1. The normalized spacial score (nSPS) is 12.8. The van der Waals surface area contributed by atoms with Gasteiger partial charge in [0.2, 0.25) is 0 Å². The van der Waals surface area contributed by atoms with Gasteiger partial charge in [-0.15, -0.1) is 0 Å². The van der Waals surface area contributed by atoms with Gasteiger partial charge < -0.3 is 14.2 Å². The highest BCUT2D eigenvalue weighted by molar-refractivity contribution is 6.12. The van der Waals surface area contributed by atoms with Crippen molar-refractivity contribution in [1.82, 2.24) is 0 Å². The van der Waals surface area contributed by atoms with E-state index in [4.69, 9.17) is 4.42 Å². The van der Waals surface area contributed by atoms with Gasteiger partial charge in [0.1, 0.15) is 5.58 Å². The van der Waals surface area contributed by atoms with Crippen LogP contribution in [-0.2, 0) is 5.41 Å². The van der Waals surface area contributed by atoms with Crippen molar-refractivity contribution in [3.05, 3.63) is 277 Å². The van der Waals surface area contributed by atoms with E-state index in [0.717, 1.165) is 67.2 Å². The molecule has 0 N–H and O–H groups in total.